The van der Waals surface area contributed by atoms with Crippen molar-refractivity contribution in [2.45, 2.75) is 19.4 Å². The highest BCUT2D eigenvalue weighted by molar-refractivity contribution is 5.99. The van der Waals surface area contributed by atoms with Crippen LogP contribution in [0.25, 0.3) is 10.9 Å². The monoisotopic (exact) mass is 433 g/mol. The van der Waals surface area contributed by atoms with E-state index in [-0.39, 0.29) is 18.3 Å². The standard InChI is InChI=1S/C24H24FN5O2/c25-19-5-3-4-17(12-19)15-30-10-8-18-13-20(6-7-22(18)30)29-23-21(14-26-16-28-23)24(32)27-9-1-2-11-31/h3-8,10,12-14,16,31H,1-2,9,11,15H2,(H,27,32)(H,26,28,29). The van der Waals surface area contributed by atoms with Gasteiger partial charge in [-0.15, -0.1) is 0 Å². The topological polar surface area (TPSA) is 92.1 Å². The van der Waals surface area contributed by atoms with Gasteiger partial charge < -0.3 is 20.3 Å². The van der Waals surface area contributed by atoms with E-state index >= 15 is 0 Å². The number of carbonyl (C=O) groups excluding carboxylic acids is 1. The Hall–Kier alpha value is -3.78. The van der Waals surface area contributed by atoms with E-state index in [9.17, 15) is 9.18 Å². The molecule has 8 heteroatoms. The van der Waals surface area contributed by atoms with Gasteiger partial charge in [0.1, 0.15) is 23.5 Å². The van der Waals surface area contributed by atoms with Gasteiger partial charge in [-0.25, -0.2) is 14.4 Å². The highest BCUT2D eigenvalue weighted by atomic mass is 19.1. The maximum absolute atomic E-state index is 13.5. The number of anilines is 2. The van der Waals surface area contributed by atoms with E-state index in [2.05, 4.69) is 25.2 Å². The number of carbonyl (C=O) groups is 1. The van der Waals surface area contributed by atoms with Gasteiger partial charge in [0.15, 0.2) is 0 Å². The van der Waals surface area contributed by atoms with Gasteiger partial charge in [-0.3, -0.25) is 4.79 Å². The van der Waals surface area contributed by atoms with Gasteiger partial charge in [-0.1, -0.05) is 12.1 Å². The van der Waals surface area contributed by atoms with E-state index in [0.29, 0.717) is 37.3 Å². The van der Waals surface area contributed by atoms with Crippen LogP contribution in [0.4, 0.5) is 15.9 Å². The van der Waals surface area contributed by atoms with Crippen molar-refractivity contribution in [3.05, 3.63) is 84.2 Å². The lowest BCUT2D eigenvalue weighted by Gasteiger charge is -2.11. The van der Waals surface area contributed by atoms with Crippen molar-refractivity contribution in [2.24, 2.45) is 0 Å². The first-order valence-electron chi connectivity index (χ1n) is 10.4. The smallest absolute Gasteiger partial charge is 0.256 e. The minimum Gasteiger partial charge on any atom is -0.396 e. The summed E-state index contributed by atoms with van der Waals surface area (Å²) in [6.07, 6.45) is 6.16. The molecule has 7 nitrogen and oxygen atoms in total. The van der Waals surface area contributed by atoms with Crippen LogP contribution in [0.15, 0.2) is 67.3 Å². The number of hydrogen-bond donors (Lipinski definition) is 3. The summed E-state index contributed by atoms with van der Waals surface area (Å²) < 4.78 is 15.6. The molecule has 0 atom stereocenters. The quantitative estimate of drug-likeness (QED) is 0.349. The fraction of sp³-hybridized carbons (Fsp3) is 0.208. The van der Waals surface area contributed by atoms with Gasteiger partial charge in [0.05, 0.1) is 0 Å². The third kappa shape index (κ3) is 5.09. The molecular weight excluding hydrogens is 409 g/mol. The molecule has 4 rings (SSSR count). The molecule has 0 aliphatic heterocycles. The van der Waals surface area contributed by atoms with Gasteiger partial charge in [0, 0.05) is 48.7 Å². The Kier molecular flexibility index (Phi) is 6.72. The predicted octanol–water partition coefficient (Wildman–Crippen LogP) is 3.86. The number of amides is 1. The third-order valence-corrected chi connectivity index (χ3v) is 5.10. The highest BCUT2D eigenvalue weighted by Gasteiger charge is 2.13. The number of aliphatic hydroxyl groups excluding tert-OH is 1. The summed E-state index contributed by atoms with van der Waals surface area (Å²) in [7, 11) is 0. The van der Waals surface area contributed by atoms with Crippen LogP contribution in [0.3, 0.4) is 0 Å². The number of nitrogens with one attached hydrogen (secondary N) is 2. The van der Waals surface area contributed by atoms with Crippen LogP contribution in [0.1, 0.15) is 28.8 Å². The number of benzene rings is 2. The van der Waals surface area contributed by atoms with E-state index < -0.39 is 0 Å². The lowest BCUT2D eigenvalue weighted by molar-refractivity contribution is 0.0952. The second-order valence-electron chi connectivity index (χ2n) is 7.44. The molecule has 2 aromatic carbocycles. The normalized spacial score (nSPS) is 10.9. The maximum Gasteiger partial charge on any atom is 0.256 e. The van der Waals surface area contributed by atoms with Crippen molar-refractivity contribution in [2.75, 3.05) is 18.5 Å². The molecule has 0 bridgehead atoms. The average molecular weight is 433 g/mol. The molecule has 164 valence electrons. The summed E-state index contributed by atoms with van der Waals surface area (Å²) in [6.45, 7) is 1.14. The van der Waals surface area contributed by atoms with E-state index in [4.69, 9.17) is 5.11 Å². The Morgan fingerprint density at radius 1 is 1.12 bits per heavy atom. The number of hydrogen-bond acceptors (Lipinski definition) is 5. The lowest BCUT2D eigenvalue weighted by atomic mass is 10.2. The van der Waals surface area contributed by atoms with E-state index in [0.717, 1.165) is 22.2 Å². The zero-order chi connectivity index (χ0) is 22.3. The van der Waals surface area contributed by atoms with Crippen LogP contribution >= 0.6 is 0 Å². The van der Waals surface area contributed by atoms with Crippen LogP contribution < -0.4 is 10.6 Å². The third-order valence-electron chi connectivity index (χ3n) is 5.10. The Morgan fingerprint density at radius 2 is 2.03 bits per heavy atom. The number of fused-ring (bicyclic) bond motifs is 1. The maximum atomic E-state index is 13.5. The van der Waals surface area contributed by atoms with Crippen LogP contribution in [0, 0.1) is 5.82 Å². The summed E-state index contributed by atoms with van der Waals surface area (Å²) >= 11 is 0. The van der Waals surface area contributed by atoms with Gasteiger partial charge in [0.25, 0.3) is 5.91 Å². The number of aliphatic hydroxyl groups is 1. The zero-order valence-electron chi connectivity index (χ0n) is 17.5. The molecule has 0 saturated heterocycles. The van der Waals surface area contributed by atoms with Crippen molar-refractivity contribution in [1.82, 2.24) is 19.9 Å². The summed E-state index contributed by atoms with van der Waals surface area (Å²) in [6, 6.07) is 14.4. The molecule has 2 heterocycles. The fourth-order valence-electron chi connectivity index (χ4n) is 3.51. The van der Waals surface area contributed by atoms with E-state index in [1.807, 2.05) is 36.5 Å². The zero-order valence-corrected chi connectivity index (χ0v) is 17.5. The first-order valence-corrected chi connectivity index (χ1v) is 10.4. The van der Waals surface area contributed by atoms with Crippen molar-refractivity contribution >= 4 is 28.3 Å². The van der Waals surface area contributed by atoms with Crippen LogP contribution in [-0.4, -0.2) is 38.7 Å². The first kappa shape index (κ1) is 21.5. The number of unbranched alkanes of at least 4 members (excludes halogenated alkanes) is 1. The van der Waals surface area contributed by atoms with Crippen molar-refractivity contribution in [3.63, 3.8) is 0 Å². The van der Waals surface area contributed by atoms with Crippen molar-refractivity contribution < 1.29 is 14.3 Å². The molecule has 0 saturated carbocycles. The summed E-state index contributed by atoms with van der Waals surface area (Å²) in [5.41, 5.74) is 3.04. The molecule has 0 spiro atoms. The molecular formula is C24H24FN5O2. The van der Waals surface area contributed by atoms with Gasteiger partial charge in [-0.2, -0.15) is 0 Å². The largest absolute Gasteiger partial charge is 0.396 e. The Morgan fingerprint density at radius 3 is 2.88 bits per heavy atom. The summed E-state index contributed by atoms with van der Waals surface area (Å²) in [5.74, 6) is -0.102. The molecule has 32 heavy (non-hydrogen) atoms. The second kappa shape index (κ2) is 10.0. The van der Waals surface area contributed by atoms with Gasteiger partial charge >= 0.3 is 0 Å². The number of aromatic nitrogens is 3. The van der Waals surface area contributed by atoms with Crippen LogP contribution in [0.5, 0.6) is 0 Å². The van der Waals surface area contributed by atoms with Crippen molar-refractivity contribution in [3.8, 4) is 0 Å². The number of nitrogens with zero attached hydrogens (tertiary/aromatic N) is 3. The molecule has 1 amide bonds. The fourth-order valence-corrected chi connectivity index (χ4v) is 3.51. The summed E-state index contributed by atoms with van der Waals surface area (Å²) in [4.78, 5) is 20.7. The minimum absolute atomic E-state index is 0.101. The highest BCUT2D eigenvalue weighted by Crippen LogP contribution is 2.24. The van der Waals surface area contributed by atoms with Gasteiger partial charge in [-0.05, 0) is 54.8 Å². The van der Waals surface area contributed by atoms with Crippen LogP contribution in [-0.2, 0) is 6.54 Å². The summed E-state index contributed by atoms with van der Waals surface area (Å²) in [5, 5.41) is 15.9. The Bertz CT molecular complexity index is 1220. The molecule has 0 unspecified atom stereocenters. The molecule has 2 aromatic heterocycles. The minimum atomic E-state index is -0.270. The van der Waals surface area contributed by atoms with E-state index in [1.165, 1.54) is 24.7 Å². The lowest BCUT2D eigenvalue weighted by Crippen LogP contribution is -2.25. The second-order valence-corrected chi connectivity index (χ2v) is 7.44. The molecule has 0 aliphatic carbocycles. The van der Waals surface area contributed by atoms with Crippen LogP contribution in [0.2, 0.25) is 0 Å². The molecule has 3 N–H and O–H groups in total. The Labute approximate surface area is 184 Å². The van der Waals surface area contributed by atoms with Crippen molar-refractivity contribution in [1.29, 1.82) is 0 Å². The Balaban J connectivity index is 1.50. The molecule has 4 aromatic rings. The number of halogens is 1. The number of rotatable bonds is 9. The molecule has 0 aliphatic rings. The average Bonchev–Trinajstić information content (AvgIpc) is 3.19. The SMILES string of the molecule is O=C(NCCCCO)c1cncnc1Nc1ccc2c(ccn2Cc2cccc(F)c2)c1. The van der Waals surface area contributed by atoms with Gasteiger partial charge in [0.2, 0.25) is 0 Å². The molecule has 0 radical (unpaired) electrons. The molecule has 0 fully saturated rings. The predicted molar refractivity (Wildman–Crippen MR) is 121 cm³/mol. The van der Waals surface area contributed by atoms with E-state index in [1.54, 1.807) is 6.07 Å². The first-order chi connectivity index (χ1) is 15.6.